The summed E-state index contributed by atoms with van der Waals surface area (Å²) in [5, 5.41) is 0. The van der Waals surface area contributed by atoms with Crippen molar-refractivity contribution in [3.05, 3.63) is 29.3 Å². The molecule has 1 saturated carbocycles. The molecule has 2 aliphatic rings. The minimum Gasteiger partial charge on any atom is -0.371 e. The van der Waals surface area contributed by atoms with E-state index >= 15 is 0 Å². The average Bonchev–Trinajstić information content (AvgIpc) is 2.46. The van der Waals surface area contributed by atoms with Gasteiger partial charge in [-0.1, -0.05) is 30.9 Å². The molecule has 1 saturated heterocycles. The third-order valence-corrected chi connectivity index (χ3v) is 4.94. The van der Waals surface area contributed by atoms with Crippen molar-refractivity contribution in [1.82, 2.24) is 0 Å². The lowest BCUT2D eigenvalue weighted by Gasteiger charge is -2.42. The molecular weight excluding hydrogens is 234 g/mol. The Bertz CT molecular complexity index is 468. The van der Waals surface area contributed by atoms with Gasteiger partial charge < -0.3 is 4.90 Å². The molecule has 0 aromatic heterocycles. The predicted molar refractivity (Wildman–Crippen MR) is 78.8 cm³/mol. The van der Waals surface area contributed by atoms with Crippen molar-refractivity contribution in [3.63, 3.8) is 0 Å². The Hall–Kier alpha value is -1.31. The monoisotopic (exact) mass is 257 g/mol. The van der Waals surface area contributed by atoms with Crippen molar-refractivity contribution >= 4 is 12.0 Å². The minimum atomic E-state index is 0.850. The first kappa shape index (κ1) is 12.7. The van der Waals surface area contributed by atoms with Crippen LogP contribution in [0, 0.1) is 18.8 Å². The molecule has 2 atom stereocenters. The first-order valence-corrected chi connectivity index (χ1v) is 7.58. The largest absolute Gasteiger partial charge is 0.371 e. The van der Waals surface area contributed by atoms with Crippen molar-refractivity contribution < 1.29 is 4.79 Å². The maximum atomic E-state index is 11.3. The van der Waals surface area contributed by atoms with Gasteiger partial charge in [0.25, 0.3) is 0 Å². The van der Waals surface area contributed by atoms with E-state index < -0.39 is 0 Å². The van der Waals surface area contributed by atoms with Gasteiger partial charge in [0.1, 0.15) is 0 Å². The van der Waals surface area contributed by atoms with E-state index in [0.717, 1.165) is 42.5 Å². The lowest BCUT2D eigenvalue weighted by Crippen LogP contribution is -2.42. The van der Waals surface area contributed by atoms with E-state index in [0.29, 0.717) is 0 Å². The zero-order chi connectivity index (χ0) is 13.2. The van der Waals surface area contributed by atoms with Crippen LogP contribution in [0.25, 0.3) is 0 Å². The molecule has 3 rings (SSSR count). The van der Waals surface area contributed by atoms with Crippen molar-refractivity contribution in [3.8, 4) is 0 Å². The second-order valence-electron chi connectivity index (χ2n) is 6.22. The van der Waals surface area contributed by atoms with Gasteiger partial charge in [0.15, 0.2) is 6.29 Å². The van der Waals surface area contributed by atoms with E-state index in [2.05, 4.69) is 17.0 Å². The molecule has 2 fully saturated rings. The molecule has 0 N–H and O–H groups in total. The second kappa shape index (κ2) is 5.36. The quantitative estimate of drug-likeness (QED) is 0.751. The maximum Gasteiger partial charge on any atom is 0.152 e. The number of rotatable bonds is 2. The third-order valence-electron chi connectivity index (χ3n) is 4.94. The molecule has 1 aromatic rings. The number of piperidine rings is 1. The van der Waals surface area contributed by atoms with E-state index in [4.69, 9.17) is 0 Å². The van der Waals surface area contributed by atoms with Crippen LogP contribution in [-0.4, -0.2) is 19.4 Å². The Kier molecular flexibility index (Phi) is 3.58. The Labute approximate surface area is 115 Å². The first-order valence-electron chi connectivity index (χ1n) is 7.58. The second-order valence-corrected chi connectivity index (χ2v) is 6.22. The topological polar surface area (TPSA) is 20.3 Å². The molecule has 1 heterocycles. The van der Waals surface area contributed by atoms with Crippen LogP contribution in [0.5, 0.6) is 0 Å². The van der Waals surface area contributed by atoms with Gasteiger partial charge in [-0.2, -0.15) is 0 Å². The zero-order valence-electron chi connectivity index (χ0n) is 11.8. The summed E-state index contributed by atoms with van der Waals surface area (Å²) in [6.07, 6.45) is 7.93. The van der Waals surface area contributed by atoms with E-state index in [1.165, 1.54) is 37.7 Å². The van der Waals surface area contributed by atoms with Gasteiger partial charge in [-0.25, -0.2) is 0 Å². The van der Waals surface area contributed by atoms with Crippen LogP contribution < -0.4 is 4.90 Å². The zero-order valence-corrected chi connectivity index (χ0v) is 11.8. The minimum absolute atomic E-state index is 0.850. The van der Waals surface area contributed by atoms with E-state index in [-0.39, 0.29) is 0 Å². The fourth-order valence-electron chi connectivity index (χ4n) is 3.88. The molecule has 19 heavy (non-hydrogen) atoms. The number of carbonyl (C=O) groups is 1. The highest BCUT2D eigenvalue weighted by Crippen LogP contribution is 2.38. The highest BCUT2D eigenvalue weighted by atomic mass is 16.1. The number of carbonyl (C=O) groups excluding carboxylic acids is 1. The Morgan fingerprint density at radius 2 is 1.95 bits per heavy atom. The summed E-state index contributed by atoms with van der Waals surface area (Å²) in [4.78, 5) is 13.7. The summed E-state index contributed by atoms with van der Waals surface area (Å²) in [7, 11) is 0. The molecule has 0 amide bonds. The van der Waals surface area contributed by atoms with E-state index in [9.17, 15) is 4.79 Å². The Balaban J connectivity index is 1.81. The lowest BCUT2D eigenvalue weighted by molar-refractivity contribution is 0.112. The van der Waals surface area contributed by atoms with Crippen LogP contribution in [0.2, 0.25) is 0 Å². The number of nitrogens with zero attached hydrogens (tertiary/aromatic N) is 1. The molecule has 0 radical (unpaired) electrons. The number of fused-ring (bicyclic) bond motifs is 1. The Morgan fingerprint density at radius 3 is 2.74 bits per heavy atom. The summed E-state index contributed by atoms with van der Waals surface area (Å²) in [6.45, 7) is 4.31. The number of aldehydes is 1. The van der Waals surface area contributed by atoms with Crippen molar-refractivity contribution in [1.29, 1.82) is 0 Å². The van der Waals surface area contributed by atoms with Gasteiger partial charge in [-0.15, -0.1) is 0 Å². The summed E-state index contributed by atoms with van der Waals surface area (Å²) >= 11 is 0. The number of anilines is 1. The van der Waals surface area contributed by atoms with Crippen LogP contribution >= 0.6 is 0 Å². The highest BCUT2D eigenvalue weighted by molar-refractivity contribution is 5.85. The molecule has 2 unspecified atom stereocenters. The van der Waals surface area contributed by atoms with Gasteiger partial charge in [-0.05, 0) is 43.7 Å². The number of benzene rings is 1. The molecule has 1 aliphatic carbocycles. The van der Waals surface area contributed by atoms with Crippen LogP contribution in [-0.2, 0) is 0 Å². The van der Waals surface area contributed by atoms with E-state index in [1.807, 2.05) is 13.0 Å². The maximum absolute atomic E-state index is 11.3. The van der Waals surface area contributed by atoms with Gasteiger partial charge in [-0.3, -0.25) is 4.79 Å². The Morgan fingerprint density at radius 1 is 1.16 bits per heavy atom. The number of aryl methyl sites for hydroxylation is 1. The van der Waals surface area contributed by atoms with Crippen molar-refractivity contribution in [2.75, 3.05) is 18.0 Å². The van der Waals surface area contributed by atoms with E-state index in [1.54, 1.807) is 0 Å². The normalized spacial score (nSPS) is 26.9. The summed E-state index contributed by atoms with van der Waals surface area (Å²) in [6, 6.07) is 6.26. The molecule has 0 bridgehead atoms. The molecule has 2 nitrogen and oxygen atoms in total. The molecular formula is C17H23NO. The number of hydrogen-bond acceptors (Lipinski definition) is 2. The smallest absolute Gasteiger partial charge is 0.152 e. The van der Waals surface area contributed by atoms with Crippen LogP contribution in [0.1, 0.15) is 48.0 Å². The van der Waals surface area contributed by atoms with Gasteiger partial charge in [0.05, 0.1) is 0 Å². The average molecular weight is 257 g/mol. The first-order chi connectivity index (χ1) is 9.28. The predicted octanol–water partition coefficient (Wildman–Crippen LogP) is 3.82. The van der Waals surface area contributed by atoms with Gasteiger partial charge in [0, 0.05) is 24.3 Å². The molecule has 1 aliphatic heterocycles. The highest BCUT2D eigenvalue weighted by Gasteiger charge is 2.31. The van der Waals surface area contributed by atoms with Gasteiger partial charge in [0.2, 0.25) is 0 Å². The lowest BCUT2D eigenvalue weighted by atomic mass is 9.75. The fraction of sp³-hybridized carbons (Fsp3) is 0.588. The van der Waals surface area contributed by atoms with Crippen LogP contribution in [0.3, 0.4) is 0 Å². The molecule has 102 valence electrons. The third kappa shape index (κ3) is 2.54. The fourth-order valence-corrected chi connectivity index (χ4v) is 3.88. The van der Waals surface area contributed by atoms with Crippen LogP contribution in [0.15, 0.2) is 18.2 Å². The van der Waals surface area contributed by atoms with Gasteiger partial charge >= 0.3 is 0 Å². The summed E-state index contributed by atoms with van der Waals surface area (Å²) in [5.41, 5.74) is 3.16. The standard InChI is InChI=1S/C17H23NO/c1-13-6-7-17(16(10-13)12-19)18-9-8-14-4-2-3-5-15(14)11-18/h6-7,10,12,14-15H,2-5,8-9,11H2,1H3. The summed E-state index contributed by atoms with van der Waals surface area (Å²) in [5.74, 6) is 1.79. The molecule has 2 heteroatoms. The summed E-state index contributed by atoms with van der Waals surface area (Å²) < 4.78 is 0. The van der Waals surface area contributed by atoms with Crippen LogP contribution in [0.4, 0.5) is 5.69 Å². The molecule has 0 spiro atoms. The van der Waals surface area contributed by atoms with Crippen molar-refractivity contribution in [2.24, 2.45) is 11.8 Å². The van der Waals surface area contributed by atoms with Crippen molar-refractivity contribution in [2.45, 2.75) is 39.0 Å². The SMILES string of the molecule is Cc1ccc(N2CCC3CCCCC3C2)c(C=O)c1. The molecule has 1 aromatic carbocycles. The number of hydrogen-bond donors (Lipinski definition) is 0.